The van der Waals surface area contributed by atoms with Crippen molar-refractivity contribution in [3.63, 3.8) is 0 Å². The number of carbonyl (C=O) groups excluding carboxylic acids is 2. The summed E-state index contributed by atoms with van der Waals surface area (Å²) in [6.07, 6.45) is 4.41. The van der Waals surface area contributed by atoms with Crippen molar-refractivity contribution in [2.24, 2.45) is 7.05 Å². The van der Waals surface area contributed by atoms with Gasteiger partial charge in [0.2, 0.25) is 5.91 Å². The third-order valence-electron chi connectivity index (χ3n) is 5.59. The number of para-hydroxylation sites is 1. The number of rotatable bonds is 2. The number of piperazine rings is 1. The van der Waals surface area contributed by atoms with Gasteiger partial charge in [-0.3, -0.25) is 14.4 Å². The molecule has 0 unspecified atom stereocenters. The minimum Gasteiger partial charge on any atom is -0.313 e. The topological polar surface area (TPSA) is 64.9 Å². The summed E-state index contributed by atoms with van der Waals surface area (Å²) in [4.78, 5) is 33.4. The Hall–Kier alpha value is -2.87. The standard InChI is InChI=1S/C20H26N6O2/c1-22(2)16-10-15-6-4-5-7-18(15)26(13-16)20(28)24-8-9-25(19(27)14-24)17-11-21-23(3)12-17/h4-7,11-12,16H,8-10,13-14H2,1-3H3/t16-/m1/s1. The summed E-state index contributed by atoms with van der Waals surface area (Å²) in [7, 11) is 5.90. The SMILES string of the molecule is CN(C)[C@@H]1Cc2ccccc2N(C(=O)N2CCN(c3cnn(C)c3)C(=O)C2)C1. The number of hydrogen-bond donors (Lipinski definition) is 0. The first-order valence-corrected chi connectivity index (χ1v) is 9.54. The van der Waals surface area contributed by atoms with Gasteiger partial charge < -0.3 is 14.7 Å². The highest BCUT2D eigenvalue weighted by molar-refractivity contribution is 6.01. The normalized spacial score (nSPS) is 19.9. The third kappa shape index (κ3) is 3.35. The van der Waals surface area contributed by atoms with E-state index in [9.17, 15) is 9.59 Å². The summed E-state index contributed by atoms with van der Waals surface area (Å²) < 4.78 is 1.67. The summed E-state index contributed by atoms with van der Waals surface area (Å²) in [5.41, 5.74) is 2.89. The van der Waals surface area contributed by atoms with E-state index in [-0.39, 0.29) is 24.5 Å². The van der Waals surface area contributed by atoms with Crippen LogP contribution in [0.1, 0.15) is 5.56 Å². The molecule has 0 saturated carbocycles. The highest BCUT2D eigenvalue weighted by atomic mass is 16.2. The molecule has 1 saturated heterocycles. The van der Waals surface area contributed by atoms with E-state index >= 15 is 0 Å². The number of hydrogen-bond acceptors (Lipinski definition) is 4. The van der Waals surface area contributed by atoms with E-state index in [0.717, 1.165) is 17.8 Å². The first-order valence-electron chi connectivity index (χ1n) is 9.54. The molecule has 0 spiro atoms. The van der Waals surface area contributed by atoms with Crippen LogP contribution in [0.15, 0.2) is 36.7 Å². The summed E-state index contributed by atoms with van der Waals surface area (Å²) >= 11 is 0. The number of aryl methyl sites for hydroxylation is 1. The molecule has 8 nitrogen and oxygen atoms in total. The number of aromatic nitrogens is 2. The molecule has 0 aliphatic carbocycles. The fourth-order valence-corrected chi connectivity index (χ4v) is 3.93. The second kappa shape index (κ2) is 7.27. The predicted molar refractivity (Wildman–Crippen MR) is 107 cm³/mol. The van der Waals surface area contributed by atoms with Gasteiger partial charge in [-0.2, -0.15) is 5.10 Å². The van der Waals surface area contributed by atoms with E-state index in [4.69, 9.17) is 0 Å². The summed E-state index contributed by atoms with van der Waals surface area (Å²) in [6, 6.07) is 8.20. The Morgan fingerprint density at radius 1 is 1.21 bits per heavy atom. The first-order chi connectivity index (χ1) is 13.4. The number of urea groups is 1. The van der Waals surface area contributed by atoms with E-state index in [1.54, 1.807) is 20.7 Å². The maximum Gasteiger partial charge on any atom is 0.325 e. The molecule has 1 atom stereocenters. The van der Waals surface area contributed by atoms with Crippen molar-refractivity contribution in [2.75, 3.05) is 50.1 Å². The monoisotopic (exact) mass is 382 g/mol. The van der Waals surface area contributed by atoms with Crippen LogP contribution in [0.25, 0.3) is 0 Å². The fourth-order valence-electron chi connectivity index (χ4n) is 3.93. The Bertz CT molecular complexity index is 892. The molecule has 3 amide bonds. The number of likely N-dealkylation sites (N-methyl/N-ethyl adjacent to an activating group) is 1. The van der Waals surface area contributed by atoms with Crippen molar-refractivity contribution < 1.29 is 9.59 Å². The van der Waals surface area contributed by atoms with E-state index in [2.05, 4.69) is 16.1 Å². The van der Waals surface area contributed by atoms with Crippen molar-refractivity contribution >= 4 is 23.3 Å². The molecular weight excluding hydrogens is 356 g/mol. The molecule has 0 radical (unpaired) electrons. The zero-order valence-corrected chi connectivity index (χ0v) is 16.6. The zero-order chi connectivity index (χ0) is 19.8. The molecule has 8 heteroatoms. The third-order valence-corrected chi connectivity index (χ3v) is 5.59. The largest absolute Gasteiger partial charge is 0.325 e. The zero-order valence-electron chi connectivity index (χ0n) is 16.6. The average Bonchev–Trinajstić information content (AvgIpc) is 3.12. The summed E-state index contributed by atoms with van der Waals surface area (Å²) in [5, 5.41) is 4.13. The molecule has 148 valence electrons. The minimum absolute atomic E-state index is 0.0814. The van der Waals surface area contributed by atoms with Crippen LogP contribution in [0, 0.1) is 0 Å². The van der Waals surface area contributed by atoms with Crippen LogP contribution in [0.3, 0.4) is 0 Å². The predicted octanol–water partition coefficient (Wildman–Crippen LogP) is 1.18. The second-order valence-corrected chi connectivity index (χ2v) is 7.68. The van der Waals surface area contributed by atoms with Crippen molar-refractivity contribution in [3.8, 4) is 0 Å². The Balaban J connectivity index is 1.52. The molecular formula is C20H26N6O2. The lowest BCUT2D eigenvalue weighted by atomic mass is 9.97. The molecule has 2 aliphatic rings. The van der Waals surface area contributed by atoms with Gasteiger partial charge in [-0.15, -0.1) is 0 Å². The lowest BCUT2D eigenvalue weighted by molar-refractivity contribution is -0.120. The van der Waals surface area contributed by atoms with Crippen molar-refractivity contribution in [1.82, 2.24) is 19.6 Å². The lowest BCUT2D eigenvalue weighted by Gasteiger charge is -2.41. The van der Waals surface area contributed by atoms with E-state index in [1.165, 1.54) is 5.56 Å². The van der Waals surface area contributed by atoms with E-state index in [0.29, 0.717) is 19.6 Å². The highest BCUT2D eigenvalue weighted by Crippen LogP contribution is 2.29. The number of anilines is 2. The van der Waals surface area contributed by atoms with Crippen LogP contribution in [-0.2, 0) is 18.3 Å². The molecule has 0 bridgehead atoms. The Morgan fingerprint density at radius 3 is 2.68 bits per heavy atom. The van der Waals surface area contributed by atoms with Crippen molar-refractivity contribution in [3.05, 3.63) is 42.2 Å². The van der Waals surface area contributed by atoms with E-state index in [1.807, 2.05) is 50.4 Å². The van der Waals surface area contributed by atoms with Gasteiger partial charge in [-0.05, 0) is 32.1 Å². The van der Waals surface area contributed by atoms with Crippen LogP contribution in [0.5, 0.6) is 0 Å². The van der Waals surface area contributed by atoms with E-state index < -0.39 is 0 Å². The molecule has 3 heterocycles. The van der Waals surface area contributed by atoms with Crippen LogP contribution in [0.4, 0.5) is 16.2 Å². The smallest absolute Gasteiger partial charge is 0.313 e. The molecule has 1 aromatic carbocycles. The van der Waals surface area contributed by atoms with Crippen LogP contribution in [0.2, 0.25) is 0 Å². The average molecular weight is 382 g/mol. The molecule has 0 N–H and O–H groups in total. The Kier molecular flexibility index (Phi) is 4.80. The van der Waals surface area contributed by atoms with Crippen LogP contribution < -0.4 is 9.80 Å². The van der Waals surface area contributed by atoms with Crippen LogP contribution in [-0.4, -0.2) is 77.8 Å². The van der Waals surface area contributed by atoms with Gasteiger partial charge in [-0.25, -0.2) is 4.79 Å². The number of nitrogens with zero attached hydrogens (tertiary/aromatic N) is 6. The first kappa shape index (κ1) is 18.5. The molecule has 4 rings (SSSR count). The molecule has 1 fully saturated rings. The summed E-state index contributed by atoms with van der Waals surface area (Å²) in [5.74, 6) is -0.0814. The van der Waals surface area contributed by atoms with Crippen LogP contribution >= 0.6 is 0 Å². The molecule has 2 aromatic rings. The molecule has 1 aromatic heterocycles. The highest BCUT2D eigenvalue weighted by Gasteiger charge is 2.35. The lowest BCUT2D eigenvalue weighted by Crippen LogP contribution is -2.58. The number of benzene rings is 1. The number of carbonyl (C=O) groups is 2. The Labute approximate surface area is 164 Å². The fraction of sp³-hybridized carbons (Fsp3) is 0.450. The molecule has 2 aliphatic heterocycles. The maximum absolute atomic E-state index is 13.3. The summed E-state index contributed by atoms with van der Waals surface area (Å²) in [6.45, 7) is 1.69. The minimum atomic E-state index is -0.0989. The van der Waals surface area contributed by atoms with Gasteiger partial charge in [-0.1, -0.05) is 18.2 Å². The van der Waals surface area contributed by atoms with Crippen molar-refractivity contribution in [2.45, 2.75) is 12.5 Å². The van der Waals surface area contributed by atoms with Gasteiger partial charge >= 0.3 is 6.03 Å². The number of amides is 3. The van der Waals surface area contributed by atoms with Gasteiger partial charge in [0.25, 0.3) is 0 Å². The Morgan fingerprint density at radius 2 is 2.00 bits per heavy atom. The van der Waals surface area contributed by atoms with Gasteiger partial charge in [0.05, 0.1) is 11.9 Å². The van der Waals surface area contributed by atoms with Gasteiger partial charge in [0.15, 0.2) is 0 Å². The quantitative estimate of drug-likeness (QED) is 0.783. The van der Waals surface area contributed by atoms with Gasteiger partial charge in [0, 0.05) is 44.6 Å². The number of fused-ring (bicyclic) bond motifs is 1. The van der Waals surface area contributed by atoms with Crippen molar-refractivity contribution in [1.29, 1.82) is 0 Å². The molecule has 28 heavy (non-hydrogen) atoms. The van der Waals surface area contributed by atoms with Gasteiger partial charge in [0.1, 0.15) is 6.54 Å². The second-order valence-electron chi connectivity index (χ2n) is 7.68. The maximum atomic E-state index is 13.3.